The molecular weight excluding hydrogens is 456 g/mol. The number of nitrogens with one attached hydrogen (secondary N) is 2. The van der Waals surface area contributed by atoms with Crippen molar-refractivity contribution in [3.8, 4) is 17.2 Å². The Labute approximate surface area is 198 Å². The maximum atomic E-state index is 12.9. The van der Waals surface area contributed by atoms with Gasteiger partial charge in [-0.25, -0.2) is 8.42 Å². The Hall–Kier alpha value is -3.72. The summed E-state index contributed by atoms with van der Waals surface area (Å²) in [7, 11) is -2.32. The van der Waals surface area contributed by atoms with Crippen LogP contribution in [0.15, 0.2) is 65.6 Å². The molecule has 0 saturated heterocycles. The predicted octanol–water partition coefficient (Wildman–Crippen LogP) is 4.07. The van der Waals surface area contributed by atoms with Crippen molar-refractivity contribution in [2.24, 2.45) is 0 Å². The number of hydrogen-bond donors (Lipinski definition) is 2. The molecule has 0 bridgehead atoms. The zero-order valence-corrected chi connectivity index (χ0v) is 19.9. The van der Waals surface area contributed by atoms with E-state index in [1.807, 2.05) is 32.0 Å². The standard InChI is InChI=1S/C25H26N2O6S/c1-16-7-9-22(31-3)21(13-16)17(2)26-25(28)18-5-4-6-19(14-18)27-34(29,30)20-8-10-23-24(15-20)33-12-11-32-23/h4-10,13-15,17,27H,11-12H2,1-3H3,(H,26,28). The van der Waals surface area contributed by atoms with E-state index in [9.17, 15) is 13.2 Å². The second kappa shape index (κ2) is 9.64. The number of ether oxygens (including phenoxy) is 3. The Bertz CT molecular complexity index is 1320. The van der Waals surface area contributed by atoms with Crippen molar-refractivity contribution in [1.29, 1.82) is 0 Å². The van der Waals surface area contributed by atoms with Gasteiger partial charge in [0.05, 0.1) is 18.0 Å². The first-order valence-corrected chi connectivity index (χ1v) is 12.2. The van der Waals surface area contributed by atoms with Crippen LogP contribution in [-0.2, 0) is 10.0 Å². The monoisotopic (exact) mass is 482 g/mol. The minimum absolute atomic E-state index is 0.0340. The van der Waals surface area contributed by atoms with Crippen LogP contribution in [0.1, 0.15) is 34.5 Å². The van der Waals surface area contributed by atoms with Gasteiger partial charge in [-0.1, -0.05) is 23.8 Å². The number of carbonyl (C=O) groups is 1. The Morgan fingerprint density at radius 2 is 1.76 bits per heavy atom. The molecule has 178 valence electrons. The molecule has 0 aromatic heterocycles. The number of benzene rings is 3. The third-order valence-electron chi connectivity index (χ3n) is 5.40. The smallest absolute Gasteiger partial charge is 0.262 e. The van der Waals surface area contributed by atoms with Gasteiger partial charge < -0.3 is 19.5 Å². The molecule has 0 spiro atoms. The van der Waals surface area contributed by atoms with Crippen molar-refractivity contribution in [2.45, 2.75) is 24.8 Å². The van der Waals surface area contributed by atoms with Crippen LogP contribution in [0.4, 0.5) is 5.69 Å². The van der Waals surface area contributed by atoms with E-state index in [1.165, 1.54) is 18.2 Å². The minimum atomic E-state index is -3.90. The van der Waals surface area contributed by atoms with Gasteiger partial charge in [0.25, 0.3) is 15.9 Å². The van der Waals surface area contributed by atoms with Gasteiger partial charge in [-0.05, 0) is 50.2 Å². The number of methoxy groups -OCH3 is 1. The summed E-state index contributed by atoms with van der Waals surface area (Å²) >= 11 is 0. The summed E-state index contributed by atoms with van der Waals surface area (Å²) in [6.45, 7) is 4.60. The van der Waals surface area contributed by atoms with E-state index in [4.69, 9.17) is 14.2 Å². The van der Waals surface area contributed by atoms with E-state index in [-0.39, 0.29) is 22.5 Å². The fraction of sp³-hybridized carbons (Fsp3) is 0.240. The number of sulfonamides is 1. The Morgan fingerprint density at radius 1 is 1.00 bits per heavy atom. The van der Waals surface area contributed by atoms with E-state index in [2.05, 4.69) is 10.0 Å². The fourth-order valence-electron chi connectivity index (χ4n) is 3.68. The molecule has 2 N–H and O–H groups in total. The van der Waals surface area contributed by atoms with Gasteiger partial charge in [-0.15, -0.1) is 0 Å². The lowest BCUT2D eigenvalue weighted by Crippen LogP contribution is -2.27. The van der Waals surface area contributed by atoms with E-state index in [1.54, 1.807) is 31.4 Å². The van der Waals surface area contributed by atoms with E-state index < -0.39 is 10.0 Å². The molecule has 0 fully saturated rings. The summed E-state index contributed by atoms with van der Waals surface area (Å²) < 4.78 is 44.7. The quantitative estimate of drug-likeness (QED) is 0.526. The maximum Gasteiger partial charge on any atom is 0.262 e. The molecule has 0 radical (unpaired) electrons. The van der Waals surface area contributed by atoms with Crippen LogP contribution in [0.2, 0.25) is 0 Å². The summed E-state index contributed by atoms with van der Waals surface area (Å²) in [4.78, 5) is 12.9. The second-order valence-corrected chi connectivity index (χ2v) is 9.61. The maximum absolute atomic E-state index is 12.9. The third kappa shape index (κ3) is 5.09. The van der Waals surface area contributed by atoms with Crippen LogP contribution in [0.5, 0.6) is 17.2 Å². The summed E-state index contributed by atoms with van der Waals surface area (Å²) in [6, 6.07) is 16.2. The van der Waals surface area contributed by atoms with Crippen molar-refractivity contribution in [2.75, 3.05) is 25.0 Å². The highest BCUT2D eigenvalue weighted by atomic mass is 32.2. The van der Waals surface area contributed by atoms with Crippen molar-refractivity contribution in [1.82, 2.24) is 5.32 Å². The van der Waals surface area contributed by atoms with Crippen LogP contribution < -0.4 is 24.2 Å². The molecule has 1 aliphatic heterocycles. The van der Waals surface area contributed by atoms with Gasteiger partial charge in [0.2, 0.25) is 0 Å². The van der Waals surface area contributed by atoms with Gasteiger partial charge in [0, 0.05) is 22.9 Å². The number of rotatable bonds is 7. The number of carbonyl (C=O) groups excluding carboxylic acids is 1. The number of fused-ring (bicyclic) bond motifs is 1. The van der Waals surface area contributed by atoms with Gasteiger partial charge in [0.15, 0.2) is 11.5 Å². The molecule has 1 amide bonds. The van der Waals surface area contributed by atoms with Crippen molar-refractivity contribution < 1.29 is 27.4 Å². The van der Waals surface area contributed by atoms with E-state index in [0.717, 1.165) is 11.1 Å². The number of aryl methyl sites for hydroxylation is 1. The van der Waals surface area contributed by atoms with Crippen molar-refractivity contribution in [3.05, 3.63) is 77.4 Å². The summed E-state index contributed by atoms with van der Waals surface area (Å²) in [5, 5.41) is 2.94. The van der Waals surface area contributed by atoms with E-state index >= 15 is 0 Å². The highest BCUT2D eigenvalue weighted by Crippen LogP contribution is 2.33. The lowest BCUT2D eigenvalue weighted by Gasteiger charge is -2.19. The topological polar surface area (TPSA) is 103 Å². The fourth-order valence-corrected chi connectivity index (χ4v) is 4.74. The molecule has 0 saturated carbocycles. The lowest BCUT2D eigenvalue weighted by atomic mass is 10.0. The van der Waals surface area contributed by atoms with Crippen LogP contribution in [0.3, 0.4) is 0 Å². The average molecular weight is 483 g/mol. The molecule has 34 heavy (non-hydrogen) atoms. The SMILES string of the molecule is COc1ccc(C)cc1C(C)NC(=O)c1cccc(NS(=O)(=O)c2ccc3c(c2)OCCO3)c1. The van der Waals surface area contributed by atoms with Gasteiger partial charge in [0.1, 0.15) is 19.0 Å². The van der Waals surface area contributed by atoms with Crippen LogP contribution >= 0.6 is 0 Å². The first-order chi connectivity index (χ1) is 16.3. The summed E-state index contributed by atoms with van der Waals surface area (Å²) in [5.41, 5.74) is 2.49. The normalized spacial score (nSPS) is 13.6. The molecule has 4 rings (SSSR count). The molecule has 1 aliphatic rings. The zero-order chi connectivity index (χ0) is 24.3. The van der Waals surface area contributed by atoms with Crippen LogP contribution in [0.25, 0.3) is 0 Å². The number of anilines is 1. The predicted molar refractivity (Wildman–Crippen MR) is 128 cm³/mol. The van der Waals surface area contributed by atoms with Crippen molar-refractivity contribution >= 4 is 21.6 Å². The largest absolute Gasteiger partial charge is 0.496 e. The highest BCUT2D eigenvalue weighted by molar-refractivity contribution is 7.92. The Kier molecular flexibility index (Phi) is 6.65. The van der Waals surface area contributed by atoms with Gasteiger partial charge >= 0.3 is 0 Å². The molecule has 3 aromatic carbocycles. The Balaban J connectivity index is 1.50. The lowest BCUT2D eigenvalue weighted by molar-refractivity contribution is 0.0939. The molecule has 1 heterocycles. The zero-order valence-electron chi connectivity index (χ0n) is 19.1. The van der Waals surface area contributed by atoms with Crippen LogP contribution in [-0.4, -0.2) is 34.6 Å². The molecule has 8 nitrogen and oxygen atoms in total. The molecule has 9 heteroatoms. The number of amides is 1. The minimum Gasteiger partial charge on any atom is -0.496 e. The first-order valence-electron chi connectivity index (χ1n) is 10.7. The van der Waals surface area contributed by atoms with Gasteiger partial charge in [-0.2, -0.15) is 0 Å². The van der Waals surface area contributed by atoms with Crippen molar-refractivity contribution in [3.63, 3.8) is 0 Å². The summed E-state index contributed by atoms with van der Waals surface area (Å²) in [5.74, 6) is 1.22. The molecule has 3 aromatic rings. The first kappa shape index (κ1) is 23.4. The molecule has 1 unspecified atom stereocenters. The Morgan fingerprint density at radius 3 is 2.53 bits per heavy atom. The highest BCUT2D eigenvalue weighted by Gasteiger charge is 2.21. The second-order valence-electron chi connectivity index (χ2n) is 7.93. The van der Waals surface area contributed by atoms with Crippen LogP contribution in [0, 0.1) is 6.92 Å². The third-order valence-corrected chi connectivity index (χ3v) is 6.78. The average Bonchev–Trinajstić information content (AvgIpc) is 2.83. The van der Waals surface area contributed by atoms with E-state index in [0.29, 0.717) is 36.0 Å². The molecule has 0 aliphatic carbocycles. The summed E-state index contributed by atoms with van der Waals surface area (Å²) in [6.07, 6.45) is 0. The number of hydrogen-bond acceptors (Lipinski definition) is 6. The molecular formula is C25H26N2O6S. The van der Waals surface area contributed by atoms with Gasteiger partial charge in [-0.3, -0.25) is 9.52 Å². The molecule has 1 atom stereocenters.